The van der Waals surface area contributed by atoms with Crippen LogP contribution >= 0.6 is 11.6 Å². The van der Waals surface area contributed by atoms with E-state index in [-0.39, 0.29) is 18.6 Å². The maximum atomic E-state index is 11.4. The second-order valence-electron chi connectivity index (χ2n) is 3.63. The molecular formula is C9H16ClNO2. The molecule has 0 spiro atoms. The summed E-state index contributed by atoms with van der Waals surface area (Å²) >= 11 is 5.69. The van der Waals surface area contributed by atoms with E-state index in [1.807, 2.05) is 11.8 Å². The number of hydrogen-bond acceptors (Lipinski definition) is 2. The molecule has 1 N–H and O–H groups in total. The van der Waals surface area contributed by atoms with Crippen LogP contribution in [0.15, 0.2) is 0 Å². The number of aliphatic hydroxyl groups is 1. The Balaban J connectivity index is 2.46. The number of carbonyl (C=O) groups excluding carboxylic acids is 1. The predicted molar refractivity (Wildman–Crippen MR) is 51.7 cm³/mol. The molecule has 1 unspecified atom stereocenters. The number of carbonyl (C=O) groups is 1. The molecule has 2 atom stereocenters. The summed E-state index contributed by atoms with van der Waals surface area (Å²) in [6.45, 7) is 2.85. The topological polar surface area (TPSA) is 40.5 Å². The van der Waals surface area contributed by atoms with Crippen molar-refractivity contribution in [1.29, 1.82) is 0 Å². The lowest BCUT2D eigenvalue weighted by Gasteiger charge is -2.23. The van der Waals surface area contributed by atoms with Gasteiger partial charge in [-0.05, 0) is 19.3 Å². The highest BCUT2D eigenvalue weighted by molar-refractivity contribution is 6.18. The minimum Gasteiger partial charge on any atom is -0.396 e. The van der Waals surface area contributed by atoms with Crippen LogP contribution in [-0.2, 0) is 4.79 Å². The summed E-state index contributed by atoms with van der Waals surface area (Å²) in [5.41, 5.74) is 0. The van der Waals surface area contributed by atoms with Crippen LogP contribution in [0, 0.1) is 5.92 Å². The van der Waals surface area contributed by atoms with E-state index in [4.69, 9.17) is 16.7 Å². The van der Waals surface area contributed by atoms with E-state index in [0.29, 0.717) is 24.6 Å². The number of halogens is 1. The molecule has 0 aliphatic carbocycles. The van der Waals surface area contributed by atoms with E-state index in [2.05, 4.69) is 0 Å². The maximum absolute atomic E-state index is 11.4. The van der Waals surface area contributed by atoms with Gasteiger partial charge in [0.25, 0.3) is 0 Å². The summed E-state index contributed by atoms with van der Waals surface area (Å²) in [5.74, 6) is 1.02. The van der Waals surface area contributed by atoms with Crippen LogP contribution in [0.25, 0.3) is 0 Å². The fraction of sp³-hybridized carbons (Fsp3) is 0.889. The Morgan fingerprint density at radius 1 is 1.77 bits per heavy atom. The van der Waals surface area contributed by atoms with Crippen molar-refractivity contribution >= 4 is 17.5 Å². The second-order valence-corrected chi connectivity index (χ2v) is 3.94. The molecule has 4 heteroatoms. The highest BCUT2D eigenvalue weighted by atomic mass is 35.5. The smallest absolute Gasteiger partial charge is 0.223 e. The second kappa shape index (κ2) is 4.82. The molecule has 13 heavy (non-hydrogen) atoms. The zero-order valence-corrected chi connectivity index (χ0v) is 8.63. The number of amides is 1. The Morgan fingerprint density at radius 2 is 2.46 bits per heavy atom. The quantitative estimate of drug-likeness (QED) is 0.692. The Bertz CT molecular complexity index is 186. The fourth-order valence-electron chi connectivity index (χ4n) is 1.68. The van der Waals surface area contributed by atoms with Crippen molar-refractivity contribution in [2.24, 2.45) is 5.92 Å². The molecular weight excluding hydrogens is 190 g/mol. The van der Waals surface area contributed by atoms with E-state index in [9.17, 15) is 4.79 Å². The van der Waals surface area contributed by atoms with Gasteiger partial charge in [-0.3, -0.25) is 4.79 Å². The van der Waals surface area contributed by atoms with Gasteiger partial charge in [0.05, 0.1) is 0 Å². The molecule has 0 saturated carbocycles. The zero-order valence-electron chi connectivity index (χ0n) is 7.87. The van der Waals surface area contributed by atoms with Crippen molar-refractivity contribution in [2.45, 2.75) is 25.8 Å². The molecule has 1 aliphatic rings. The maximum Gasteiger partial charge on any atom is 0.223 e. The molecule has 1 aliphatic heterocycles. The number of rotatable bonds is 4. The van der Waals surface area contributed by atoms with Crippen molar-refractivity contribution in [3.63, 3.8) is 0 Å². The first kappa shape index (κ1) is 10.8. The van der Waals surface area contributed by atoms with Gasteiger partial charge in [-0.25, -0.2) is 0 Å². The van der Waals surface area contributed by atoms with Gasteiger partial charge in [0.2, 0.25) is 5.91 Å². The first-order valence-electron chi connectivity index (χ1n) is 4.65. The van der Waals surface area contributed by atoms with Gasteiger partial charge in [0.1, 0.15) is 0 Å². The molecule has 3 nitrogen and oxygen atoms in total. The summed E-state index contributed by atoms with van der Waals surface area (Å²) in [6, 6.07) is 0.144. The predicted octanol–water partition coefficient (Wildman–Crippen LogP) is 0.845. The zero-order chi connectivity index (χ0) is 9.84. The van der Waals surface area contributed by atoms with Gasteiger partial charge in [-0.1, -0.05) is 0 Å². The number of likely N-dealkylation sites (tertiary alicyclic amines) is 1. The first-order valence-corrected chi connectivity index (χ1v) is 5.18. The summed E-state index contributed by atoms with van der Waals surface area (Å²) in [6.07, 6.45) is 1.22. The van der Waals surface area contributed by atoms with Crippen molar-refractivity contribution < 1.29 is 9.90 Å². The third kappa shape index (κ3) is 2.58. The lowest BCUT2D eigenvalue weighted by atomic mass is 10.1. The van der Waals surface area contributed by atoms with Crippen LogP contribution in [0.3, 0.4) is 0 Å². The Hall–Kier alpha value is -0.280. The summed E-state index contributed by atoms with van der Waals surface area (Å²) in [5, 5.41) is 8.74. The summed E-state index contributed by atoms with van der Waals surface area (Å²) in [4.78, 5) is 13.3. The van der Waals surface area contributed by atoms with E-state index >= 15 is 0 Å². The Kier molecular flexibility index (Phi) is 4.00. The van der Waals surface area contributed by atoms with Crippen LogP contribution in [0.5, 0.6) is 0 Å². The average molecular weight is 206 g/mol. The SMILES string of the molecule is C[C@H](CCO)N1CC(CCl)CC1=O. The summed E-state index contributed by atoms with van der Waals surface area (Å²) in [7, 11) is 0. The normalized spacial score (nSPS) is 25.3. The molecule has 0 aromatic heterocycles. The number of nitrogens with zero attached hydrogens (tertiary/aromatic N) is 1. The lowest BCUT2D eigenvalue weighted by Crippen LogP contribution is -2.35. The van der Waals surface area contributed by atoms with Gasteiger partial charge in [0, 0.05) is 31.5 Å². The number of hydrogen-bond donors (Lipinski definition) is 1. The molecule has 0 aromatic rings. The van der Waals surface area contributed by atoms with Crippen LogP contribution in [-0.4, -0.2) is 41.0 Å². The van der Waals surface area contributed by atoms with Gasteiger partial charge in [-0.15, -0.1) is 11.6 Å². The van der Waals surface area contributed by atoms with Gasteiger partial charge in [0.15, 0.2) is 0 Å². The van der Waals surface area contributed by atoms with Crippen molar-refractivity contribution in [2.75, 3.05) is 19.0 Å². The molecule has 1 fully saturated rings. The molecule has 1 saturated heterocycles. The van der Waals surface area contributed by atoms with Crippen LogP contribution in [0.2, 0.25) is 0 Å². The Morgan fingerprint density at radius 3 is 2.92 bits per heavy atom. The molecule has 76 valence electrons. The van der Waals surface area contributed by atoms with E-state index in [1.165, 1.54) is 0 Å². The van der Waals surface area contributed by atoms with Crippen LogP contribution in [0.4, 0.5) is 0 Å². The third-order valence-electron chi connectivity index (χ3n) is 2.54. The number of alkyl halides is 1. The summed E-state index contributed by atoms with van der Waals surface area (Å²) < 4.78 is 0. The van der Waals surface area contributed by atoms with Crippen molar-refractivity contribution in [1.82, 2.24) is 4.90 Å². The van der Waals surface area contributed by atoms with E-state index < -0.39 is 0 Å². The van der Waals surface area contributed by atoms with Crippen LogP contribution < -0.4 is 0 Å². The minimum atomic E-state index is 0.135. The van der Waals surface area contributed by atoms with Gasteiger partial charge >= 0.3 is 0 Å². The highest BCUT2D eigenvalue weighted by Gasteiger charge is 2.31. The molecule has 1 amide bonds. The number of aliphatic hydroxyl groups excluding tert-OH is 1. The van der Waals surface area contributed by atoms with Crippen LogP contribution in [0.1, 0.15) is 19.8 Å². The molecule has 1 rings (SSSR count). The first-order chi connectivity index (χ1) is 6.19. The molecule has 0 bridgehead atoms. The Labute approximate surface area is 83.7 Å². The van der Waals surface area contributed by atoms with E-state index in [1.54, 1.807) is 0 Å². The van der Waals surface area contributed by atoms with Gasteiger partial charge < -0.3 is 10.0 Å². The van der Waals surface area contributed by atoms with Crippen molar-refractivity contribution in [3.8, 4) is 0 Å². The highest BCUT2D eigenvalue weighted by Crippen LogP contribution is 2.21. The third-order valence-corrected chi connectivity index (χ3v) is 2.97. The van der Waals surface area contributed by atoms with Gasteiger partial charge in [-0.2, -0.15) is 0 Å². The van der Waals surface area contributed by atoms with Crippen molar-refractivity contribution in [3.05, 3.63) is 0 Å². The monoisotopic (exact) mass is 205 g/mol. The lowest BCUT2D eigenvalue weighted by molar-refractivity contribution is -0.129. The molecule has 0 aromatic carbocycles. The van der Waals surface area contributed by atoms with E-state index in [0.717, 1.165) is 6.54 Å². The fourth-order valence-corrected chi connectivity index (χ4v) is 1.89. The largest absolute Gasteiger partial charge is 0.396 e. The molecule has 1 heterocycles. The standard InChI is InChI=1S/C9H16ClNO2/c1-7(2-3-12)11-6-8(5-10)4-9(11)13/h7-8,12H,2-6H2,1H3/t7-,8?/m1/s1. The molecule has 0 radical (unpaired) electrons. The average Bonchev–Trinajstić information content (AvgIpc) is 2.47. The minimum absolute atomic E-state index is 0.135.